The number of aryl methyl sites for hydroxylation is 2. The molecule has 0 radical (unpaired) electrons. The molecule has 3 aromatic rings. The van der Waals surface area contributed by atoms with Crippen molar-refractivity contribution in [3.05, 3.63) is 66.1 Å². The van der Waals surface area contributed by atoms with Gasteiger partial charge in [0.1, 0.15) is 5.75 Å². The molecule has 1 aliphatic rings. The van der Waals surface area contributed by atoms with Crippen molar-refractivity contribution in [3.8, 4) is 5.75 Å². The first kappa shape index (κ1) is 37.3. The summed E-state index contributed by atoms with van der Waals surface area (Å²) in [6, 6.07) is 10.5. The molecule has 4 atom stereocenters. The number of carbonyl (C=O) groups excluding carboxylic acids is 1. The van der Waals surface area contributed by atoms with Crippen LogP contribution in [-0.2, 0) is 31.8 Å². The van der Waals surface area contributed by atoms with E-state index in [-0.39, 0.29) is 58.6 Å². The molecule has 0 aliphatic carbocycles. The number of aliphatic hydroxyl groups is 1. The first-order chi connectivity index (χ1) is 22.6. The van der Waals surface area contributed by atoms with Crippen molar-refractivity contribution in [2.24, 2.45) is 13.0 Å². The second kappa shape index (κ2) is 15.8. The van der Waals surface area contributed by atoms with Crippen molar-refractivity contribution < 1.29 is 36.2 Å². The van der Waals surface area contributed by atoms with E-state index in [1.165, 1.54) is 45.5 Å². The molecule has 1 amide bonds. The molecule has 0 spiro atoms. The van der Waals surface area contributed by atoms with Gasteiger partial charge in [-0.3, -0.25) is 9.52 Å². The lowest BCUT2D eigenvalue weighted by Gasteiger charge is -2.35. The number of benzene rings is 2. The topological polar surface area (TPSA) is 160 Å². The van der Waals surface area contributed by atoms with Gasteiger partial charge in [0.15, 0.2) is 5.03 Å². The quantitative estimate of drug-likeness (QED) is 0.339. The van der Waals surface area contributed by atoms with Crippen LogP contribution in [0.1, 0.15) is 56.0 Å². The summed E-state index contributed by atoms with van der Waals surface area (Å²) in [6.07, 6.45) is 4.01. The first-order valence-electron chi connectivity index (χ1n) is 16.0. The fraction of sp³-hybridized carbons (Fsp3) is 0.515. The van der Waals surface area contributed by atoms with Crippen molar-refractivity contribution in [3.63, 3.8) is 0 Å². The maximum atomic E-state index is 14.3. The number of anilines is 1. The summed E-state index contributed by atoms with van der Waals surface area (Å²) in [7, 11) is -4.70. The zero-order chi connectivity index (χ0) is 35.2. The van der Waals surface area contributed by atoms with Crippen LogP contribution in [0.25, 0.3) is 0 Å². The molecule has 48 heavy (non-hydrogen) atoms. The Balaban J connectivity index is 1.67. The lowest BCUT2D eigenvalue weighted by Crippen LogP contribution is -2.48. The number of amides is 1. The number of aliphatic hydroxyl groups excluding tert-OH is 1. The van der Waals surface area contributed by atoms with E-state index < -0.39 is 38.1 Å². The summed E-state index contributed by atoms with van der Waals surface area (Å²) in [4.78, 5) is 19.9. The van der Waals surface area contributed by atoms with Crippen LogP contribution >= 0.6 is 0 Å². The van der Waals surface area contributed by atoms with Crippen LogP contribution in [0.2, 0.25) is 0 Å². The number of hydrogen-bond acceptors (Lipinski definition) is 9. The van der Waals surface area contributed by atoms with E-state index in [9.17, 15) is 26.7 Å². The maximum absolute atomic E-state index is 14.3. The minimum absolute atomic E-state index is 0.0441. The molecular formula is C33H47N5O8S2. The minimum Gasteiger partial charge on any atom is -0.490 e. The van der Waals surface area contributed by atoms with Gasteiger partial charge in [-0.25, -0.2) is 13.4 Å². The predicted octanol–water partition coefficient (Wildman–Crippen LogP) is 3.65. The van der Waals surface area contributed by atoms with Crippen molar-refractivity contribution in [1.82, 2.24) is 18.8 Å². The first-order valence-corrected chi connectivity index (χ1v) is 18.9. The average molecular weight is 706 g/mol. The van der Waals surface area contributed by atoms with Gasteiger partial charge >= 0.3 is 0 Å². The molecule has 264 valence electrons. The van der Waals surface area contributed by atoms with Crippen LogP contribution < -0.4 is 9.46 Å². The Hall–Kier alpha value is -3.50. The van der Waals surface area contributed by atoms with E-state index in [2.05, 4.69) is 9.71 Å². The van der Waals surface area contributed by atoms with E-state index in [4.69, 9.17) is 9.47 Å². The second-order valence-corrected chi connectivity index (χ2v) is 16.3. The van der Waals surface area contributed by atoms with Crippen LogP contribution in [0.3, 0.4) is 0 Å². The van der Waals surface area contributed by atoms with Crippen LogP contribution in [0.15, 0.2) is 64.9 Å². The highest BCUT2D eigenvalue weighted by Crippen LogP contribution is 2.29. The number of fused-ring (bicyclic) bond motifs is 1. The van der Waals surface area contributed by atoms with Crippen LogP contribution in [0.4, 0.5) is 5.69 Å². The fourth-order valence-electron chi connectivity index (χ4n) is 5.43. The molecule has 4 rings (SSSR count). The van der Waals surface area contributed by atoms with Gasteiger partial charge in [0.2, 0.25) is 10.0 Å². The Bertz CT molecular complexity index is 1760. The molecule has 0 saturated heterocycles. The largest absolute Gasteiger partial charge is 0.490 e. The number of nitrogens with one attached hydrogen (secondary N) is 1. The number of nitrogens with zero attached hydrogens (tertiary/aromatic N) is 4. The molecule has 1 aromatic heterocycles. The molecule has 13 nitrogen and oxygen atoms in total. The SMILES string of the molecule is Cc1ccc(S(=O)(=O)N(C)C[C@H]2OCCCC[C@H](C)Oc3ccc(NS(=O)(=O)c4cn(C)cn4)cc3C(=O)N([C@H](C)CO)C[C@H]2C)cc1. The lowest BCUT2D eigenvalue weighted by molar-refractivity contribution is -0.00833. The molecule has 2 heterocycles. The molecule has 0 unspecified atom stereocenters. The Morgan fingerprint density at radius 3 is 2.46 bits per heavy atom. The zero-order valence-corrected chi connectivity index (χ0v) is 30.0. The van der Waals surface area contributed by atoms with Gasteiger partial charge in [-0.1, -0.05) is 24.6 Å². The molecule has 0 fully saturated rings. The highest BCUT2D eigenvalue weighted by molar-refractivity contribution is 7.92. The number of carbonyl (C=O) groups is 1. The van der Waals surface area contributed by atoms with Crippen molar-refractivity contribution in [1.29, 1.82) is 0 Å². The van der Waals surface area contributed by atoms with Crippen LogP contribution in [-0.4, -0.2) is 98.2 Å². The number of aromatic nitrogens is 2. The van der Waals surface area contributed by atoms with E-state index in [1.54, 1.807) is 44.3 Å². The van der Waals surface area contributed by atoms with Gasteiger partial charge in [0, 0.05) is 51.6 Å². The molecule has 1 aliphatic heterocycles. The van der Waals surface area contributed by atoms with Crippen molar-refractivity contribution in [2.45, 2.75) is 75.1 Å². The summed E-state index contributed by atoms with van der Waals surface area (Å²) in [5.41, 5.74) is 1.20. The molecule has 15 heteroatoms. The molecular weight excluding hydrogens is 659 g/mol. The number of rotatable bonds is 9. The van der Waals surface area contributed by atoms with Gasteiger partial charge in [0.25, 0.3) is 15.9 Å². The highest BCUT2D eigenvalue weighted by atomic mass is 32.2. The Morgan fingerprint density at radius 2 is 1.81 bits per heavy atom. The Morgan fingerprint density at radius 1 is 1.10 bits per heavy atom. The zero-order valence-electron chi connectivity index (χ0n) is 28.4. The fourth-order valence-corrected chi connectivity index (χ4v) is 7.64. The normalized spacial score (nSPS) is 20.9. The van der Waals surface area contributed by atoms with Crippen LogP contribution in [0, 0.1) is 12.8 Å². The average Bonchev–Trinajstić information content (AvgIpc) is 3.49. The number of likely N-dealkylation sites (N-methyl/N-ethyl adjacent to an activating group) is 1. The third-order valence-corrected chi connectivity index (χ3v) is 11.5. The summed E-state index contributed by atoms with van der Waals surface area (Å²) in [5.74, 6) is -0.568. The monoisotopic (exact) mass is 705 g/mol. The molecule has 2 aromatic carbocycles. The summed E-state index contributed by atoms with van der Waals surface area (Å²) in [6.45, 7) is 7.56. The van der Waals surface area contributed by atoms with E-state index in [0.29, 0.717) is 19.4 Å². The van der Waals surface area contributed by atoms with Gasteiger partial charge in [-0.2, -0.15) is 12.7 Å². The molecule has 2 N–H and O–H groups in total. The summed E-state index contributed by atoms with van der Waals surface area (Å²) < 4.78 is 70.8. The van der Waals surface area contributed by atoms with Gasteiger partial charge in [-0.15, -0.1) is 0 Å². The smallest absolute Gasteiger partial charge is 0.280 e. The number of sulfonamides is 2. The van der Waals surface area contributed by atoms with E-state index in [1.807, 2.05) is 20.8 Å². The Kier molecular flexibility index (Phi) is 12.3. The number of imidazole rings is 1. The van der Waals surface area contributed by atoms with Gasteiger partial charge < -0.3 is 24.0 Å². The van der Waals surface area contributed by atoms with Crippen molar-refractivity contribution >= 4 is 31.6 Å². The minimum atomic E-state index is -4.05. The van der Waals surface area contributed by atoms with E-state index >= 15 is 0 Å². The predicted molar refractivity (Wildman–Crippen MR) is 182 cm³/mol. The summed E-state index contributed by atoms with van der Waals surface area (Å²) in [5, 5.41) is 10.0. The van der Waals surface area contributed by atoms with E-state index in [0.717, 1.165) is 12.0 Å². The molecule has 0 saturated carbocycles. The standard InChI is InChI=1S/C33H47N5O8S2/c1-23-10-13-28(14-11-23)48(43,44)37(6)19-31-24(2)18-38(25(3)21-39)33(40)29-17-27(35-47(41,42)32-20-36(5)22-34-32)12-15-30(29)46-26(4)9-7-8-16-45-31/h10-15,17,20,22,24-26,31,35,39H,7-9,16,18-19,21H2,1-6H3/t24-,25-,26+,31-/m1/s1. The maximum Gasteiger partial charge on any atom is 0.280 e. The second-order valence-electron chi connectivity index (χ2n) is 12.6. The third kappa shape index (κ3) is 9.14. The van der Waals surface area contributed by atoms with Crippen LogP contribution in [0.5, 0.6) is 5.75 Å². The lowest BCUT2D eigenvalue weighted by atomic mass is 10.0. The van der Waals surface area contributed by atoms with Gasteiger partial charge in [-0.05, 0) is 70.4 Å². The highest BCUT2D eigenvalue weighted by Gasteiger charge is 2.32. The third-order valence-electron chi connectivity index (χ3n) is 8.43. The van der Waals surface area contributed by atoms with Crippen molar-refractivity contribution in [2.75, 3.05) is 38.1 Å². The van der Waals surface area contributed by atoms with Gasteiger partial charge in [0.05, 0.1) is 41.6 Å². The summed E-state index contributed by atoms with van der Waals surface area (Å²) >= 11 is 0. The number of ether oxygens (including phenoxy) is 2. The Labute approximate surface area is 284 Å². The molecule has 0 bridgehead atoms. The number of hydrogen-bond donors (Lipinski definition) is 2.